The summed E-state index contributed by atoms with van der Waals surface area (Å²) in [5.74, 6) is 0.950. The molecule has 82 valence electrons. The first-order valence-corrected chi connectivity index (χ1v) is 5.56. The molecule has 0 atom stereocenters. The average molecular weight is 207 g/mol. The summed E-state index contributed by atoms with van der Waals surface area (Å²) in [6, 6.07) is 0. The zero-order valence-corrected chi connectivity index (χ0v) is 9.07. The van der Waals surface area contributed by atoms with Crippen molar-refractivity contribution in [2.75, 3.05) is 13.1 Å². The Morgan fingerprint density at radius 1 is 1.67 bits per heavy atom. The lowest BCUT2D eigenvalue weighted by atomic mass is 10.2. The first-order valence-electron chi connectivity index (χ1n) is 5.56. The van der Waals surface area contributed by atoms with Gasteiger partial charge < -0.3 is 5.32 Å². The molecule has 4 nitrogen and oxygen atoms in total. The molecule has 1 aliphatic carbocycles. The third-order valence-corrected chi connectivity index (χ3v) is 2.69. The lowest BCUT2D eigenvalue weighted by Gasteiger charge is -2.00. The minimum Gasteiger partial charge on any atom is -0.309 e. The van der Waals surface area contributed by atoms with Crippen molar-refractivity contribution in [3.63, 3.8) is 0 Å². The number of nitrogens with zero attached hydrogens (tertiary/aromatic N) is 2. The number of aryl methyl sites for hydroxylation is 1. The van der Waals surface area contributed by atoms with E-state index in [2.05, 4.69) is 10.4 Å². The number of nitrogens with one attached hydrogen (secondary N) is 1. The topological polar surface area (TPSA) is 46.9 Å². The van der Waals surface area contributed by atoms with E-state index in [4.69, 9.17) is 0 Å². The van der Waals surface area contributed by atoms with Gasteiger partial charge in [-0.15, -0.1) is 0 Å². The number of rotatable bonds is 6. The standard InChI is InChI=1S/C11H17N3O/c1-2-14-8-10(6-13-14)11(15)7-12-5-9-3-4-9/h6,8-9,12H,2-5,7H2,1H3. The highest BCUT2D eigenvalue weighted by molar-refractivity contribution is 5.97. The van der Waals surface area contributed by atoms with Crippen LogP contribution in [0.15, 0.2) is 12.4 Å². The van der Waals surface area contributed by atoms with Crippen LogP contribution in [0.5, 0.6) is 0 Å². The number of hydrogen-bond acceptors (Lipinski definition) is 3. The van der Waals surface area contributed by atoms with E-state index >= 15 is 0 Å². The Bertz CT molecular complexity index is 341. The molecule has 0 aliphatic heterocycles. The Morgan fingerprint density at radius 3 is 3.07 bits per heavy atom. The summed E-state index contributed by atoms with van der Waals surface area (Å²) >= 11 is 0. The van der Waals surface area contributed by atoms with Crippen molar-refractivity contribution in [3.8, 4) is 0 Å². The molecular weight excluding hydrogens is 190 g/mol. The van der Waals surface area contributed by atoms with Crippen molar-refractivity contribution in [1.82, 2.24) is 15.1 Å². The molecule has 1 aromatic heterocycles. The van der Waals surface area contributed by atoms with Crippen molar-refractivity contribution in [2.24, 2.45) is 5.92 Å². The summed E-state index contributed by atoms with van der Waals surface area (Å²) in [6.07, 6.45) is 6.08. The summed E-state index contributed by atoms with van der Waals surface area (Å²) in [4.78, 5) is 11.7. The lowest BCUT2D eigenvalue weighted by molar-refractivity contribution is 0.0991. The molecule has 0 aromatic carbocycles. The molecule has 15 heavy (non-hydrogen) atoms. The predicted molar refractivity (Wildman–Crippen MR) is 57.8 cm³/mol. The van der Waals surface area contributed by atoms with E-state index in [1.165, 1.54) is 12.8 Å². The second-order valence-electron chi connectivity index (χ2n) is 4.08. The van der Waals surface area contributed by atoms with Gasteiger partial charge in [0.05, 0.1) is 18.3 Å². The fourth-order valence-electron chi connectivity index (χ4n) is 1.49. The molecule has 0 radical (unpaired) electrons. The number of ketones is 1. The van der Waals surface area contributed by atoms with Crippen LogP contribution < -0.4 is 5.32 Å². The van der Waals surface area contributed by atoms with Gasteiger partial charge in [0.15, 0.2) is 5.78 Å². The van der Waals surface area contributed by atoms with E-state index in [0.29, 0.717) is 12.1 Å². The van der Waals surface area contributed by atoms with E-state index in [0.717, 1.165) is 19.0 Å². The average Bonchev–Trinajstić information content (AvgIpc) is 2.94. The summed E-state index contributed by atoms with van der Waals surface area (Å²) < 4.78 is 1.77. The molecule has 0 amide bonds. The Labute approximate surface area is 89.7 Å². The summed E-state index contributed by atoms with van der Waals surface area (Å²) in [5, 5.41) is 7.27. The van der Waals surface area contributed by atoms with Crippen LogP contribution in [0.1, 0.15) is 30.1 Å². The Balaban J connectivity index is 1.78. The highest BCUT2D eigenvalue weighted by Gasteiger charge is 2.20. The third-order valence-electron chi connectivity index (χ3n) is 2.69. The molecule has 0 bridgehead atoms. The van der Waals surface area contributed by atoms with Crippen molar-refractivity contribution in [2.45, 2.75) is 26.3 Å². The quantitative estimate of drug-likeness (QED) is 0.710. The third kappa shape index (κ3) is 2.89. The van der Waals surface area contributed by atoms with Crippen LogP contribution >= 0.6 is 0 Å². The zero-order valence-electron chi connectivity index (χ0n) is 9.07. The summed E-state index contributed by atoms with van der Waals surface area (Å²) in [6.45, 7) is 4.23. The van der Waals surface area contributed by atoms with Gasteiger partial charge >= 0.3 is 0 Å². The maximum Gasteiger partial charge on any atom is 0.179 e. The smallest absolute Gasteiger partial charge is 0.179 e. The largest absolute Gasteiger partial charge is 0.309 e. The molecule has 1 fully saturated rings. The Kier molecular flexibility index (Phi) is 3.16. The monoisotopic (exact) mass is 207 g/mol. The van der Waals surface area contributed by atoms with Gasteiger partial charge in [0, 0.05) is 12.7 Å². The number of Topliss-reactive ketones (excluding diaryl/α,β-unsaturated/α-hetero) is 1. The SMILES string of the molecule is CCn1cc(C(=O)CNCC2CC2)cn1. The molecule has 1 aliphatic rings. The van der Waals surface area contributed by atoms with Gasteiger partial charge in [-0.3, -0.25) is 9.48 Å². The number of aromatic nitrogens is 2. The van der Waals surface area contributed by atoms with E-state index in [1.54, 1.807) is 17.1 Å². The first kappa shape index (κ1) is 10.4. The molecule has 1 N–H and O–H groups in total. The lowest BCUT2D eigenvalue weighted by Crippen LogP contribution is -2.24. The van der Waals surface area contributed by atoms with Crippen LogP contribution in [0.3, 0.4) is 0 Å². The van der Waals surface area contributed by atoms with Crippen molar-refractivity contribution < 1.29 is 4.79 Å². The second-order valence-corrected chi connectivity index (χ2v) is 4.08. The van der Waals surface area contributed by atoms with E-state index < -0.39 is 0 Å². The zero-order chi connectivity index (χ0) is 10.7. The van der Waals surface area contributed by atoms with E-state index in [1.807, 2.05) is 6.92 Å². The number of carbonyl (C=O) groups is 1. The van der Waals surface area contributed by atoms with Crippen LogP contribution in [0, 0.1) is 5.92 Å². The molecule has 0 spiro atoms. The molecule has 2 rings (SSSR count). The highest BCUT2D eigenvalue weighted by Crippen LogP contribution is 2.27. The number of carbonyl (C=O) groups excluding carboxylic acids is 1. The van der Waals surface area contributed by atoms with E-state index in [9.17, 15) is 4.79 Å². The maximum absolute atomic E-state index is 11.7. The fourth-order valence-corrected chi connectivity index (χ4v) is 1.49. The van der Waals surface area contributed by atoms with Gasteiger partial charge in [-0.1, -0.05) is 0 Å². The molecule has 0 unspecified atom stereocenters. The van der Waals surface area contributed by atoms with Gasteiger partial charge in [-0.2, -0.15) is 5.10 Å². The Morgan fingerprint density at radius 2 is 2.47 bits per heavy atom. The summed E-state index contributed by atoms with van der Waals surface area (Å²) in [5.41, 5.74) is 0.708. The first-order chi connectivity index (χ1) is 7.29. The summed E-state index contributed by atoms with van der Waals surface area (Å²) in [7, 11) is 0. The van der Waals surface area contributed by atoms with Gasteiger partial charge in [0.25, 0.3) is 0 Å². The van der Waals surface area contributed by atoms with Crippen molar-refractivity contribution in [3.05, 3.63) is 18.0 Å². The normalized spacial score (nSPS) is 15.5. The number of hydrogen-bond donors (Lipinski definition) is 1. The van der Waals surface area contributed by atoms with Gasteiger partial charge in [-0.25, -0.2) is 0 Å². The highest BCUT2D eigenvalue weighted by atomic mass is 16.1. The van der Waals surface area contributed by atoms with Crippen molar-refractivity contribution >= 4 is 5.78 Å². The molecule has 1 saturated carbocycles. The van der Waals surface area contributed by atoms with Crippen LogP contribution in [0.2, 0.25) is 0 Å². The molecule has 0 saturated heterocycles. The molecule has 1 heterocycles. The minimum atomic E-state index is 0.135. The minimum absolute atomic E-state index is 0.135. The second kappa shape index (κ2) is 4.57. The molecule has 1 aromatic rings. The Hall–Kier alpha value is -1.16. The fraction of sp³-hybridized carbons (Fsp3) is 0.636. The van der Waals surface area contributed by atoms with Crippen LogP contribution in [-0.2, 0) is 6.54 Å². The molecule has 4 heteroatoms. The predicted octanol–water partition coefficient (Wildman–Crippen LogP) is 1.09. The van der Waals surface area contributed by atoms with Crippen LogP contribution in [-0.4, -0.2) is 28.7 Å². The van der Waals surface area contributed by atoms with Crippen molar-refractivity contribution in [1.29, 1.82) is 0 Å². The van der Waals surface area contributed by atoms with Gasteiger partial charge in [0.2, 0.25) is 0 Å². The maximum atomic E-state index is 11.7. The van der Waals surface area contributed by atoms with Gasteiger partial charge in [0.1, 0.15) is 0 Å². The van der Waals surface area contributed by atoms with Gasteiger partial charge in [-0.05, 0) is 32.2 Å². The van der Waals surface area contributed by atoms with E-state index in [-0.39, 0.29) is 5.78 Å². The van der Waals surface area contributed by atoms with Crippen LogP contribution in [0.25, 0.3) is 0 Å². The van der Waals surface area contributed by atoms with Crippen LogP contribution in [0.4, 0.5) is 0 Å². The molecular formula is C11H17N3O.